The molecule has 120 heavy (non-hydrogen) atoms. The standard InChI is InChI=1S/C77H106N26O16S/c1-95(23-12-18-79-63(105)17-26-116-28-30-118-32-33-119-31-29-117-27-22-80-62(104)15-11-10-14-59-64-53(46-120-59)89-77(115)94-64)24-13-19-82-69(107)54-34-47(39-97(54)3)84-71(109)56-36-49(41-99(56)5)86-73(111)58-38-50(42-101(58)7)87-75(113)66-90-60(44-102(66)8)92-68(106)52(78)16-20-83-70(108)55-35-48(40-98(55)4)85-72(110)57-37-51(43-100(57)6)88-76(114)67-91-61(45-103(67)9)93-74(112)65-81-21-25-96(65)2/h21,25,34-45,52-53,59,64H,10-20,22-24,26-33,46,78H2,1-9H3,(H,79,105)(H,80,104)(H,82,107)(H,83,108)(H,84,109)(H,85,110)(H,86,111)(H,87,113)(H,88,114)(H,92,106)(H,93,112)(H2,89,94,115)/t52-,53+,59+,64+/m1/s1. The van der Waals surface area contributed by atoms with Crippen molar-refractivity contribution in [3.05, 3.63) is 132 Å². The molecule has 43 heteroatoms. The van der Waals surface area contributed by atoms with E-state index in [2.05, 4.69) is 89.0 Å². The number of imidazole rings is 3. The number of thioether (sulfide) groups is 1. The van der Waals surface area contributed by atoms with E-state index in [0.717, 1.165) is 38.0 Å². The van der Waals surface area contributed by atoms with Crippen molar-refractivity contribution in [2.75, 3.05) is 142 Å². The molecule has 42 nitrogen and oxygen atoms in total. The average molecular weight is 1680 g/mol. The van der Waals surface area contributed by atoms with Crippen molar-refractivity contribution in [3.8, 4) is 0 Å². The Balaban J connectivity index is 0.541. The first-order valence-corrected chi connectivity index (χ1v) is 40.2. The van der Waals surface area contributed by atoms with Crippen molar-refractivity contribution in [2.45, 2.75) is 74.7 Å². The van der Waals surface area contributed by atoms with Crippen molar-refractivity contribution in [3.63, 3.8) is 0 Å². The molecule has 4 atom stereocenters. The maximum atomic E-state index is 13.6. The number of amides is 13. The maximum Gasteiger partial charge on any atom is 0.315 e. The molecule has 0 aliphatic carbocycles. The number of ether oxygens (including phenoxy) is 4. The number of urea groups is 1. The summed E-state index contributed by atoms with van der Waals surface area (Å²) in [5.74, 6) is -3.88. The molecule has 8 aromatic rings. The number of nitrogens with two attached hydrogens (primary N) is 1. The third-order valence-corrected chi connectivity index (χ3v) is 21.0. The fourth-order valence-electron chi connectivity index (χ4n) is 13.2. The molecule has 0 unspecified atom stereocenters. The molecule has 15 N–H and O–H groups in total. The lowest BCUT2D eigenvalue weighted by Crippen LogP contribution is -2.39. The number of hydrogen-bond donors (Lipinski definition) is 14. The molecular weight excluding hydrogens is 1580 g/mol. The van der Waals surface area contributed by atoms with Crippen molar-refractivity contribution in [2.24, 2.45) is 62.1 Å². The van der Waals surface area contributed by atoms with E-state index in [4.69, 9.17) is 24.7 Å². The summed E-state index contributed by atoms with van der Waals surface area (Å²) < 4.78 is 34.2. The lowest BCUT2D eigenvalue weighted by atomic mass is 10.0. The van der Waals surface area contributed by atoms with Gasteiger partial charge in [-0.15, -0.1) is 0 Å². The second kappa shape index (κ2) is 43.3. The van der Waals surface area contributed by atoms with Gasteiger partial charge in [-0.2, -0.15) is 11.8 Å². The van der Waals surface area contributed by atoms with E-state index in [9.17, 15) is 57.5 Å². The van der Waals surface area contributed by atoms with Gasteiger partial charge in [0.2, 0.25) is 29.4 Å². The number of nitrogens with zero attached hydrogens (tertiary/aromatic N) is 12. The topological polar surface area (TPSA) is 506 Å². The zero-order chi connectivity index (χ0) is 86.1. The highest BCUT2D eigenvalue weighted by atomic mass is 32.2. The van der Waals surface area contributed by atoms with E-state index in [-0.39, 0.29) is 131 Å². The van der Waals surface area contributed by atoms with Crippen LogP contribution in [0.25, 0.3) is 0 Å². The van der Waals surface area contributed by atoms with Crippen LogP contribution in [0.4, 0.5) is 44.9 Å². The van der Waals surface area contributed by atoms with Gasteiger partial charge in [0, 0.05) is 162 Å². The summed E-state index contributed by atoms with van der Waals surface area (Å²) in [7, 11) is 14.9. The first kappa shape index (κ1) is 89.9. The molecule has 13 amide bonds. The number of nitrogens with one attached hydrogen (secondary N) is 13. The van der Waals surface area contributed by atoms with E-state index in [1.54, 1.807) is 85.6 Å². The molecule has 10 heterocycles. The smallest absolute Gasteiger partial charge is 0.315 e. The van der Waals surface area contributed by atoms with Crippen LogP contribution < -0.4 is 74.9 Å². The highest BCUT2D eigenvalue weighted by Gasteiger charge is 2.42. The molecule has 0 radical (unpaired) electrons. The van der Waals surface area contributed by atoms with E-state index in [1.807, 2.05) is 18.8 Å². The molecule has 2 saturated heterocycles. The first-order chi connectivity index (χ1) is 57.5. The molecule has 8 aromatic heterocycles. The highest BCUT2D eigenvalue weighted by Crippen LogP contribution is 2.33. The molecule has 0 spiro atoms. The fourth-order valence-corrected chi connectivity index (χ4v) is 14.8. The summed E-state index contributed by atoms with van der Waals surface area (Å²) in [6.45, 7) is 5.73. The lowest BCUT2D eigenvalue weighted by molar-refractivity contribution is -0.122. The van der Waals surface area contributed by atoms with Crippen LogP contribution in [0.15, 0.2) is 86.1 Å². The third kappa shape index (κ3) is 25.8. The minimum absolute atomic E-state index is 0.000628. The van der Waals surface area contributed by atoms with E-state index in [0.29, 0.717) is 108 Å². The summed E-state index contributed by atoms with van der Waals surface area (Å²) in [4.78, 5) is 171. The first-order valence-electron chi connectivity index (χ1n) is 39.1. The van der Waals surface area contributed by atoms with Crippen LogP contribution in [-0.2, 0) is 89.7 Å². The molecule has 10 rings (SSSR count). The van der Waals surface area contributed by atoms with E-state index >= 15 is 0 Å². The van der Waals surface area contributed by atoms with Gasteiger partial charge in [0.25, 0.3) is 47.3 Å². The molecule has 0 bridgehead atoms. The van der Waals surface area contributed by atoms with Crippen LogP contribution in [0.5, 0.6) is 0 Å². The second-order valence-electron chi connectivity index (χ2n) is 29.0. The fraction of sp³-hybridized carbons (Fsp3) is 0.468. The lowest BCUT2D eigenvalue weighted by Gasteiger charge is -2.17. The Bertz CT molecular complexity index is 4960. The Morgan fingerprint density at radius 2 is 0.875 bits per heavy atom. The summed E-state index contributed by atoms with van der Waals surface area (Å²) in [6, 6.07) is 6.61. The van der Waals surface area contributed by atoms with Gasteiger partial charge in [0.15, 0.2) is 17.5 Å². The Labute approximate surface area is 695 Å². The van der Waals surface area contributed by atoms with Gasteiger partial charge >= 0.3 is 6.03 Å². The number of hydrogen-bond acceptors (Lipinski definition) is 22. The van der Waals surface area contributed by atoms with Gasteiger partial charge in [-0.25, -0.2) is 19.7 Å². The minimum atomic E-state index is -1.12. The molecular formula is C77H106N26O16S. The minimum Gasteiger partial charge on any atom is -0.379 e. The summed E-state index contributed by atoms with van der Waals surface area (Å²) >= 11 is 1.88. The largest absolute Gasteiger partial charge is 0.379 e. The van der Waals surface area contributed by atoms with E-state index < -0.39 is 53.3 Å². The molecule has 0 aromatic carbocycles. The maximum absolute atomic E-state index is 13.6. The van der Waals surface area contributed by atoms with Crippen LogP contribution in [0.3, 0.4) is 0 Å². The number of anilines is 7. The number of carbonyl (C=O) groups excluding carboxylic acids is 12. The number of carbonyl (C=O) groups is 12. The number of aromatic nitrogens is 11. The van der Waals surface area contributed by atoms with Crippen LogP contribution in [0.1, 0.15) is 136 Å². The van der Waals surface area contributed by atoms with Crippen LogP contribution in [-0.4, -0.2) is 256 Å². The summed E-state index contributed by atoms with van der Waals surface area (Å²) in [6.07, 6.45) is 18.5. The van der Waals surface area contributed by atoms with Gasteiger partial charge in [0.05, 0.1) is 99.4 Å². The van der Waals surface area contributed by atoms with Gasteiger partial charge in [-0.3, -0.25) is 52.7 Å². The van der Waals surface area contributed by atoms with E-state index in [1.165, 1.54) is 93.4 Å². The van der Waals surface area contributed by atoms with Gasteiger partial charge in [-0.1, -0.05) is 6.42 Å². The Morgan fingerprint density at radius 3 is 1.36 bits per heavy atom. The zero-order valence-electron chi connectivity index (χ0n) is 68.5. The van der Waals surface area contributed by atoms with Crippen molar-refractivity contribution >= 4 is 123 Å². The predicted octanol–water partition coefficient (Wildman–Crippen LogP) is 2.04. The average Bonchev–Trinajstić information content (AvgIpc) is 1.63. The van der Waals surface area contributed by atoms with Gasteiger partial charge < -0.3 is 135 Å². The Morgan fingerprint density at radius 1 is 0.458 bits per heavy atom. The van der Waals surface area contributed by atoms with Crippen LogP contribution in [0, 0.1) is 0 Å². The number of unbranched alkanes of at least 4 members (excludes halogenated alkanes) is 1. The van der Waals surface area contributed by atoms with Crippen molar-refractivity contribution in [1.29, 1.82) is 0 Å². The predicted molar refractivity (Wildman–Crippen MR) is 445 cm³/mol. The quantitative estimate of drug-likeness (QED) is 0.0192. The summed E-state index contributed by atoms with van der Waals surface area (Å²) in [5.41, 5.74) is 8.72. The van der Waals surface area contributed by atoms with Gasteiger partial charge in [-0.05, 0) is 82.6 Å². The molecule has 2 aliphatic heterocycles. The molecule has 2 fully saturated rings. The SMILES string of the molecule is CN(CCCNC(=O)CCOCCOCCOCCOCCNC(=O)CCCC[C@@H]1SC[C@@H]2NC(=O)N[C@@H]21)CCCNC(=O)c1cc(NC(=O)c2cc(NC(=O)c3cc(NC(=O)c4nc(NC(=O)[C@H](N)CCNC(=O)c5cc(NC(=O)c6cc(NC(=O)c7nc(NC(=O)c8nccn8C)cn7C)cn6C)cn5C)cn4C)cn3C)cn2C)cn1C. The molecule has 2 aliphatic rings. The Kier molecular flexibility index (Phi) is 32.5. The van der Waals surface area contributed by atoms with Crippen LogP contribution >= 0.6 is 11.8 Å². The normalized spacial score (nSPS) is 14.4. The monoisotopic (exact) mass is 1680 g/mol. The Hall–Kier alpha value is -12.4. The number of fused-ring (bicyclic) bond motifs is 1. The van der Waals surface area contributed by atoms with Crippen LogP contribution in [0.2, 0.25) is 0 Å². The van der Waals surface area contributed by atoms with Crippen molar-refractivity contribution < 1.29 is 76.5 Å². The number of aryl methyl sites for hydroxylation is 8. The molecule has 646 valence electrons. The number of rotatable bonds is 47. The summed E-state index contributed by atoms with van der Waals surface area (Å²) in [5, 5.41) is 36.8. The molecule has 0 saturated carbocycles. The zero-order valence-corrected chi connectivity index (χ0v) is 69.4. The van der Waals surface area contributed by atoms with Gasteiger partial charge in [0.1, 0.15) is 28.5 Å². The second-order valence-corrected chi connectivity index (χ2v) is 30.3. The van der Waals surface area contributed by atoms with Crippen molar-refractivity contribution in [1.82, 2.24) is 88.3 Å². The third-order valence-electron chi connectivity index (χ3n) is 19.5. The highest BCUT2D eigenvalue weighted by molar-refractivity contribution is 8.00.